The SMILES string of the molecule is C[C@@H]1CN(c2ccc(C(C)(C)C)c(Cl)c2)C[C@H](C)O1. The van der Waals surface area contributed by atoms with Gasteiger partial charge in [-0.2, -0.15) is 0 Å². The molecule has 0 bridgehead atoms. The summed E-state index contributed by atoms with van der Waals surface area (Å²) in [5.41, 5.74) is 2.48. The van der Waals surface area contributed by atoms with Crippen molar-refractivity contribution < 1.29 is 4.74 Å². The maximum atomic E-state index is 6.45. The third kappa shape index (κ3) is 3.43. The van der Waals surface area contributed by atoms with Crippen molar-refractivity contribution in [1.29, 1.82) is 0 Å². The molecule has 0 spiro atoms. The zero-order valence-electron chi connectivity index (χ0n) is 12.5. The number of hydrogen-bond donors (Lipinski definition) is 0. The molecule has 106 valence electrons. The van der Waals surface area contributed by atoms with Gasteiger partial charge in [0.15, 0.2) is 0 Å². The Morgan fingerprint density at radius 3 is 2.21 bits per heavy atom. The van der Waals surface area contributed by atoms with E-state index in [9.17, 15) is 0 Å². The second kappa shape index (κ2) is 5.34. The Labute approximate surface area is 121 Å². The summed E-state index contributed by atoms with van der Waals surface area (Å²) in [5, 5.41) is 0.858. The van der Waals surface area contributed by atoms with Crippen LogP contribution >= 0.6 is 11.6 Å². The fraction of sp³-hybridized carbons (Fsp3) is 0.625. The van der Waals surface area contributed by atoms with E-state index in [0.29, 0.717) is 0 Å². The van der Waals surface area contributed by atoms with Gasteiger partial charge in [-0.05, 0) is 37.0 Å². The predicted molar refractivity (Wildman–Crippen MR) is 82.4 cm³/mol. The minimum absolute atomic E-state index is 0.0845. The fourth-order valence-electron chi connectivity index (χ4n) is 2.70. The Bertz CT molecular complexity index is 443. The number of nitrogens with zero attached hydrogens (tertiary/aromatic N) is 1. The highest BCUT2D eigenvalue weighted by Gasteiger charge is 2.24. The third-order valence-corrected chi connectivity index (χ3v) is 3.86. The van der Waals surface area contributed by atoms with Crippen LogP contribution in [0.4, 0.5) is 5.69 Å². The highest BCUT2D eigenvalue weighted by Crippen LogP contribution is 2.33. The molecule has 1 heterocycles. The lowest BCUT2D eigenvalue weighted by molar-refractivity contribution is -0.00521. The van der Waals surface area contributed by atoms with Crippen molar-refractivity contribution in [1.82, 2.24) is 0 Å². The zero-order valence-corrected chi connectivity index (χ0v) is 13.3. The van der Waals surface area contributed by atoms with Crippen molar-refractivity contribution in [3.05, 3.63) is 28.8 Å². The van der Waals surface area contributed by atoms with E-state index in [1.165, 1.54) is 11.3 Å². The smallest absolute Gasteiger partial charge is 0.0726 e. The summed E-state index contributed by atoms with van der Waals surface area (Å²) in [6, 6.07) is 6.42. The average molecular weight is 282 g/mol. The molecule has 1 aliphatic rings. The lowest BCUT2D eigenvalue weighted by atomic mass is 9.87. The van der Waals surface area contributed by atoms with Crippen molar-refractivity contribution in [2.75, 3.05) is 18.0 Å². The normalized spacial score (nSPS) is 24.6. The van der Waals surface area contributed by atoms with Gasteiger partial charge in [0, 0.05) is 23.8 Å². The van der Waals surface area contributed by atoms with Gasteiger partial charge in [0.1, 0.15) is 0 Å². The molecule has 19 heavy (non-hydrogen) atoms. The van der Waals surface area contributed by atoms with Gasteiger partial charge in [0.05, 0.1) is 12.2 Å². The fourth-order valence-corrected chi connectivity index (χ4v) is 3.16. The van der Waals surface area contributed by atoms with Gasteiger partial charge in [-0.1, -0.05) is 38.4 Å². The van der Waals surface area contributed by atoms with Crippen molar-refractivity contribution >= 4 is 17.3 Å². The molecule has 2 rings (SSSR count). The molecular formula is C16H24ClNO. The molecule has 0 aromatic heterocycles. The monoisotopic (exact) mass is 281 g/mol. The summed E-state index contributed by atoms with van der Waals surface area (Å²) in [6.45, 7) is 12.7. The Hall–Kier alpha value is -0.730. The van der Waals surface area contributed by atoms with Crippen molar-refractivity contribution in [3.8, 4) is 0 Å². The molecule has 0 saturated carbocycles. The molecular weight excluding hydrogens is 258 g/mol. The van der Waals surface area contributed by atoms with Crippen LogP contribution in [0.2, 0.25) is 5.02 Å². The van der Waals surface area contributed by atoms with E-state index in [-0.39, 0.29) is 17.6 Å². The summed E-state index contributed by atoms with van der Waals surface area (Å²) in [7, 11) is 0. The maximum Gasteiger partial charge on any atom is 0.0726 e. The average Bonchev–Trinajstić information content (AvgIpc) is 2.25. The quantitative estimate of drug-likeness (QED) is 0.763. The predicted octanol–water partition coefficient (Wildman–Crippen LogP) is 4.25. The standard InChI is InChI=1S/C16H24ClNO/c1-11-9-18(10-12(2)19-11)13-6-7-14(15(17)8-13)16(3,4)5/h6-8,11-12H,9-10H2,1-5H3/t11-,12+. The van der Waals surface area contributed by atoms with Crippen LogP contribution in [0.15, 0.2) is 18.2 Å². The van der Waals surface area contributed by atoms with Crippen LogP contribution in [-0.4, -0.2) is 25.3 Å². The molecule has 0 N–H and O–H groups in total. The van der Waals surface area contributed by atoms with E-state index in [1.807, 2.05) is 0 Å². The van der Waals surface area contributed by atoms with Crippen LogP contribution in [0, 0.1) is 0 Å². The molecule has 2 atom stereocenters. The van der Waals surface area contributed by atoms with Crippen molar-refractivity contribution in [3.63, 3.8) is 0 Å². The molecule has 1 fully saturated rings. The van der Waals surface area contributed by atoms with Gasteiger partial charge >= 0.3 is 0 Å². The molecule has 1 saturated heterocycles. The maximum absolute atomic E-state index is 6.45. The minimum Gasteiger partial charge on any atom is -0.372 e. The molecule has 2 nitrogen and oxygen atoms in total. The topological polar surface area (TPSA) is 12.5 Å². The van der Waals surface area contributed by atoms with E-state index >= 15 is 0 Å². The second-order valence-electron chi connectivity index (χ2n) is 6.58. The number of hydrogen-bond acceptors (Lipinski definition) is 2. The summed E-state index contributed by atoms with van der Waals surface area (Å²) < 4.78 is 5.77. The molecule has 1 aliphatic heterocycles. The lowest BCUT2D eigenvalue weighted by Gasteiger charge is -2.37. The summed E-state index contributed by atoms with van der Waals surface area (Å²) >= 11 is 6.45. The second-order valence-corrected chi connectivity index (χ2v) is 6.98. The van der Waals surface area contributed by atoms with Crippen molar-refractivity contribution in [2.45, 2.75) is 52.2 Å². The Balaban J connectivity index is 2.25. The van der Waals surface area contributed by atoms with Gasteiger partial charge in [0.25, 0.3) is 0 Å². The first-order valence-electron chi connectivity index (χ1n) is 6.98. The number of benzene rings is 1. The molecule has 0 amide bonds. The number of rotatable bonds is 1. The Morgan fingerprint density at radius 1 is 1.16 bits per heavy atom. The van der Waals surface area contributed by atoms with Crippen LogP contribution in [0.25, 0.3) is 0 Å². The number of ether oxygens (including phenoxy) is 1. The van der Waals surface area contributed by atoms with E-state index in [0.717, 1.165) is 18.1 Å². The minimum atomic E-state index is 0.0845. The summed E-state index contributed by atoms with van der Waals surface area (Å²) in [5.74, 6) is 0. The van der Waals surface area contributed by atoms with Gasteiger partial charge in [-0.15, -0.1) is 0 Å². The summed E-state index contributed by atoms with van der Waals surface area (Å²) in [6.07, 6.45) is 0.537. The zero-order chi connectivity index (χ0) is 14.2. The van der Waals surface area contributed by atoms with E-state index < -0.39 is 0 Å². The third-order valence-electron chi connectivity index (χ3n) is 3.55. The molecule has 1 aromatic carbocycles. The van der Waals surface area contributed by atoms with E-state index in [2.05, 4.69) is 57.7 Å². The van der Waals surface area contributed by atoms with E-state index in [4.69, 9.17) is 16.3 Å². The van der Waals surface area contributed by atoms with Crippen LogP contribution in [0.3, 0.4) is 0 Å². The molecule has 0 radical (unpaired) electrons. The first-order valence-corrected chi connectivity index (χ1v) is 7.35. The van der Waals surface area contributed by atoms with Crippen LogP contribution in [-0.2, 0) is 10.2 Å². The number of halogens is 1. The highest BCUT2D eigenvalue weighted by molar-refractivity contribution is 6.31. The Kier molecular flexibility index (Phi) is 4.12. The highest BCUT2D eigenvalue weighted by atomic mass is 35.5. The first-order chi connectivity index (χ1) is 8.77. The van der Waals surface area contributed by atoms with Gasteiger partial charge < -0.3 is 9.64 Å². The number of anilines is 1. The van der Waals surface area contributed by atoms with Crippen molar-refractivity contribution in [2.24, 2.45) is 0 Å². The molecule has 0 unspecified atom stereocenters. The summed E-state index contributed by atoms with van der Waals surface area (Å²) in [4.78, 5) is 2.36. The first kappa shape index (κ1) is 14.7. The molecule has 1 aromatic rings. The van der Waals surface area contributed by atoms with Gasteiger partial charge in [0.2, 0.25) is 0 Å². The Morgan fingerprint density at radius 2 is 1.74 bits per heavy atom. The largest absolute Gasteiger partial charge is 0.372 e. The molecule has 0 aliphatic carbocycles. The molecule has 3 heteroatoms. The van der Waals surface area contributed by atoms with Gasteiger partial charge in [-0.25, -0.2) is 0 Å². The van der Waals surface area contributed by atoms with Gasteiger partial charge in [-0.3, -0.25) is 0 Å². The van der Waals surface area contributed by atoms with Crippen LogP contribution in [0.5, 0.6) is 0 Å². The lowest BCUT2D eigenvalue weighted by Crippen LogP contribution is -2.45. The number of morpholine rings is 1. The van der Waals surface area contributed by atoms with Crippen LogP contribution in [0.1, 0.15) is 40.2 Å². The van der Waals surface area contributed by atoms with Crippen LogP contribution < -0.4 is 4.90 Å². The van der Waals surface area contributed by atoms with E-state index in [1.54, 1.807) is 0 Å².